The van der Waals surface area contributed by atoms with Gasteiger partial charge in [0.2, 0.25) is 0 Å². The molecule has 0 amide bonds. The summed E-state index contributed by atoms with van der Waals surface area (Å²) in [4.78, 5) is 2.19. The van der Waals surface area contributed by atoms with E-state index in [0.29, 0.717) is 0 Å². The minimum Gasteiger partial charge on any atom is -0.389 e. The number of hydrogen-bond acceptors (Lipinski definition) is 3. The van der Waals surface area contributed by atoms with Crippen molar-refractivity contribution in [3.05, 3.63) is 12.2 Å². The molecule has 1 aliphatic rings. The molecule has 0 bridgehead atoms. The van der Waals surface area contributed by atoms with Crippen LogP contribution >= 0.6 is 0 Å². The SMILES string of the molecule is C=C(CNCC)CN(C)CC1(O)CCCC1. The van der Waals surface area contributed by atoms with Crippen LogP contribution in [0.1, 0.15) is 32.6 Å². The Morgan fingerprint density at radius 3 is 2.62 bits per heavy atom. The third-order valence-electron chi connectivity index (χ3n) is 3.22. The van der Waals surface area contributed by atoms with Crippen LogP contribution in [0.3, 0.4) is 0 Å². The molecular formula is C13H26N2O. The Morgan fingerprint density at radius 1 is 1.44 bits per heavy atom. The molecule has 1 rings (SSSR count). The first-order valence-corrected chi connectivity index (χ1v) is 6.34. The zero-order valence-electron chi connectivity index (χ0n) is 10.8. The maximum absolute atomic E-state index is 10.3. The highest BCUT2D eigenvalue weighted by atomic mass is 16.3. The summed E-state index contributed by atoms with van der Waals surface area (Å²) in [7, 11) is 2.06. The molecule has 0 aromatic heterocycles. The highest BCUT2D eigenvalue weighted by Crippen LogP contribution is 2.29. The Bertz CT molecular complexity index is 222. The van der Waals surface area contributed by atoms with Gasteiger partial charge in [-0.15, -0.1) is 0 Å². The van der Waals surface area contributed by atoms with Crippen LogP contribution in [0.5, 0.6) is 0 Å². The van der Waals surface area contributed by atoms with Gasteiger partial charge in [0.15, 0.2) is 0 Å². The lowest BCUT2D eigenvalue weighted by Gasteiger charge is -2.29. The molecule has 3 heteroatoms. The van der Waals surface area contributed by atoms with Crippen LogP contribution in [0.25, 0.3) is 0 Å². The summed E-state index contributed by atoms with van der Waals surface area (Å²) >= 11 is 0. The quantitative estimate of drug-likeness (QED) is 0.644. The lowest BCUT2D eigenvalue weighted by atomic mass is 10.0. The maximum Gasteiger partial charge on any atom is 0.0774 e. The number of rotatable bonds is 7. The molecule has 0 heterocycles. The minimum absolute atomic E-state index is 0.437. The van der Waals surface area contributed by atoms with Gasteiger partial charge in [-0.2, -0.15) is 0 Å². The van der Waals surface area contributed by atoms with Crippen molar-refractivity contribution in [2.45, 2.75) is 38.2 Å². The van der Waals surface area contributed by atoms with E-state index in [9.17, 15) is 5.11 Å². The van der Waals surface area contributed by atoms with E-state index in [-0.39, 0.29) is 0 Å². The Kier molecular flexibility index (Phi) is 5.46. The predicted molar refractivity (Wildman–Crippen MR) is 68.6 cm³/mol. The van der Waals surface area contributed by atoms with Crippen LogP contribution < -0.4 is 5.32 Å². The summed E-state index contributed by atoms with van der Waals surface area (Å²) in [6, 6.07) is 0. The van der Waals surface area contributed by atoms with Crippen LogP contribution in [-0.2, 0) is 0 Å². The Hall–Kier alpha value is -0.380. The molecular weight excluding hydrogens is 200 g/mol. The summed E-state index contributed by atoms with van der Waals surface area (Å²) in [6.07, 6.45) is 4.25. The summed E-state index contributed by atoms with van der Waals surface area (Å²) in [5, 5.41) is 13.5. The van der Waals surface area contributed by atoms with Crippen molar-refractivity contribution < 1.29 is 5.11 Å². The fraction of sp³-hybridized carbons (Fsp3) is 0.846. The van der Waals surface area contributed by atoms with Gasteiger partial charge in [-0.25, -0.2) is 0 Å². The molecule has 3 nitrogen and oxygen atoms in total. The zero-order valence-corrected chi connectivity index (χ0v) is 10.8. The second-order valence-corrected chi connectivity index (χ2v) is 5.13. The lowest BCUT2D eigenvalue weighted by molar-refractivity contribution is 0.0185. The molecule has 0 saturated heterocycles. The van der Waals surface area contributed by atoms with E-state index in [1.807, 2.05) is 0 Å². The summed E-state index contributed by atoms with van der Waals surface area (Å²) in [6.45, 7) is 9.64. The van der Waals surface area contributed by atoms with Crippen molar-refractivity contribution in [3.63, 3.8) is 0 Å². The predicted octanol–water partition coefficient (Wildman–Crippen LogP) is 1.39. The van der Waals surface area contributed by atoms with Crippen LogP contribution in [-0.4, -0.2) is 48.8 Å². The molecule has 0 unspecified atom stereocenters. The van der Waals surface area contributed by atoms with Crippen LogP contribution in [0, 0.1) is 0 Å². The first-order chi connectivity index (χ1) is 7.56. The molecule has 94 valence electrons. The van der Waals surface area contributed by atoms with E-state index in [0.717, 1.165) is 39.0 Å². The zero-order chi connectivity index (χ0) is 12.0. The first kappa shape index (κ1) is 13.7. The van der Waals surface area contributed by atoms with E-state index in [1.54, 1.807) is 0 Å². The van der Waals surface area contributed by atoms with Gasteiger partial charge >= 0.3 is 0 Å². The lowest BCUT2D eigenvalue weighted by Crippen LogP contribution is -2.40. The third kappa shape index (κ3) is 4.64. The highest BCUT2D eigenvalue weighted by Gasteiger charge is 2.31. The van der Waals surface area contributed by atoms with Gasteiger partial charge in [-0.3, -0.25) is 4.90 Å². The minimum atomic E-state index is -0.437. The van der Waals surface area contributed by atoms with E-state index < -0.39 is 5.60 Å². The average Bonchev–Trinajstić information content (AvgIpc) is 2.61. The maximum atomic E-state index is 10.3. The molecule has 1 fully saturated rings. The fourth-order valence-corrected chi connectivity index (χ4v) is 2.49. The average molecular weight is 226 g/mol. The monoisotopic (exact) mass is 226 g/mol. The van der Waals surface area contributed by atoms with Crippen molar-refractivity contribution in [1.82, 2.24) is 10.2 Å². The van der Waals surface area contributed by atoms with Crippen LogP contribution in [0.15, 0.2) is 12.2 Å². The molecule has 1 saturated carbocycles. The van der Waals surface area contributed by atoms with Crippen molar-refractivity contribution in [2.75, 3.05) is 33.2 Å². The van der Waals surface area contributed by atoms with Gasteiger partial charge in [-0.1, -0.05) is 26.3 Å². The molecule has 2 N–H and O–H groups in total. The van der Waals surface area contributed by atoms with E-state index in [2.05, 4.69) is 30.8 Å². The molecule has 0 spiro atoms. The Labute approximate surface area is 99.5 Å². The molecule has 1 aliphatic carbocycles. The summed E-state index contributed by atoms with van der Waals surface area (Å²) < 4.78 is 0. The van der Waals surface area contributed by atoms with Crippen molar-refractivity contribution in [2.24, 2.45) is 0 Å². The molecule has 0 radical (unpaired) electrons. The largest absolute Gasteiger partial charge is 0.389 e. The third-order valence-corrected chi connectivity index (χ3v) is 3.22. The molecule has 0 aliphatic heterocycles. The Balaban J connectivity index is 2.24. The number of hydrogen-bond donors (Lipinski definition) is 2. The normalized spacial score (nSPS) is 19.2. The van der Waals surface area contributed by atoms with Crippen molar-refractivity contribution >= 4 is 0 Å². The van der Waals surface area contributed by atoms with E-state index in [4.69, 9.17) is 0 Å². The second kappa shape index (κ2) is 6.38. The van der Waals surface area contributed by atoms with Crippen LogP contribution in [0.4, 0.5) is 0 Å². The van der Waals surface area contributed by atoms with Gasteiger partial charge in [0.05, 0.1) is 5.60 Å². The number of likely N-dealkylation sites (N-methyl/N-ethyl adjacent to an activating group) is 2. The smallest absolute Gasteiger partial charge is 0.0774 e. The van der Waals surface area contributed by atoms with Crippen molar-refractivity contribution in [1.29, 1.82) is 0 Å². The molecule has 0 atom stereocenters. The van der Waals surface area contributed by atoms with Gasteiger partial charge in [0.1, 0.15) is 0 Å². The summed E-state index contributed by atoms with van der Waals surface area (Å²) in [5.74, 6) is 0. The van der Waals surface area contributed by atoms with Gasteiger partial charge in [0.25, 0.3) is 0 Å². The number of nitrogens with zero attached hydrogens (tertiary/aromatic N) is 1. The first-order valence-electron chi connectivity index (χ1n) is 6.34. The number of aliphatic hydroxyl groups is 1. The van der Waals surface area contributed by atoms with Gasteiger partial charge in [-0.05, 0) is 32.0 Å². The van der Waals surface area contributed by atoms with E-state index >= 15 is 0 Å². The number of nitrogens with one attached hydrogen (secondary N) is 1. The van der Waals surface area contributed by atoms with Crippen molar-refractivity contribution in [3.8, 4) is 0 Å². The topological polar surface area (TPSA) is 35.5 Å². The molecule has 16 heavy (non-hydrogen) atoms. The molecule has 0 aromatic carbocycles. The van der Waals surface area contributed by atoms with Gasteiger partial charge < -0.3 is 10.4 Å². The fourth-order valence-electron chi connectivity index (χ4n) is 2.49. The van der Waals surface area contributed by atoms with Gasteiger partial charge in [0, 0.05) is 19.6 Å². The highest BCUT2D eigenvalue weighted by molar-refractivity contribution is 5.00. The second-order valence-electron chi connectivity index (χ2n) is 5.13. The van der Waals surface area contributed by atoms with Crippen LogP contribution in [0.2, 0.25) is 0 Å². The van der Waals surface area contributed by atoms with E-state index in [1.165, 1.54) is 18.4 Å². The Morgan fingerprint density at radius 2 is 2.06 bits per heavy atom. The summed E-state index contributed by atoms with van der Waals surface area (Å²) in [5.41, 5.74) is 0.749. The standard InChI is InChI=1S/C13H26N2O/c1-4-14-9-12(2)10-15(3)11-13(16)7-5-6-8-13/h14,16H,2,4-11H2,1,3H3. The molecule has 0 aromatic rings.